The summed E-state index contributed by atoms with van der Waals surface area (Å²) in [4.78, 5) is 24.0. The molecule has 0 saturated heterocycles. The van der Waals surface area contributed by atoms with Gasteiger partial charge in [0.1, 0.15) is 6.04 Å². The predicted octanol–water partition coefficient (Wildman–Crippen LogP) is 2.10. The topological polar surface area (TPSA) is 69.6 Å². The molecule has 0 radical (unpaired) electrons. The van der Waals surface area contributed by atoms with Gasteiger partial charge in [-0.1, -0.05) is 6.08 Å². The van der Waals surface area contributed by atoms with Gasteiger partial charge in [-0.15, -0.1) is 0 Å². The van der Waals surface area contributed by atoms with Gasteiger partial charge in [0, 0.05) is 18.7 Å². The molecule has 9 heteroatoms. The fourth-order valence-electron chi connectivity index (χ4n) is 1.84. The van der Waals surface area contributed by atoms with Gasteiger partial charge < -0.3 is 15.3 Å². The van der Waals surface area contributed by atoms with Crippen LogP contribution in [-0.4, -0.2) is 59.3 Å². The van der Waals surface area contributed by atoms with E-state index < -0.39 is 29.8 Å². The number of nitrogens with zero attached hydrogens (tertiary/aromatic N) is 1. The highest BCUT2D eigenvalue weighted by atomic mass is 32.2. The molecule has 0 fully saturated rings. The number of halogens is 3. The Kier molecular flexibility index (Phi) is 6.38. The minimum Gasteiger partial charge on any atom is -0.480 e. The third kappa shape index (κ3) is 5.49. The van der Waals surface area contributed by atoms with Crippen LogP contribution in [-0.2, 0) is 4.79 Å². The highest BCUT2D eigenvalue weighted by molar-refractivity contribution is 7.98. The zero-order valence-corrected chi connectivity index (χ0v) is 12.3. The van der Waals surface area contributed by atoms with E-state index in [-0.39, 0.29) is 25.9 Å². The van der Waals surface area contributed by atoms with Crippen molar-refractivity contribution < 1.29 is 27.9 Å². The lowest BCUT2D eigenvalue weighted by atomic mass is 10.1. The van der Waals surface area contributed by atoms with Crippen molar-refractivity contribution in [3.05, 3.63) is 11.6 Å². The summed E-state index contributed by atoms with van der Waals surface area (Å²) in [6, 6.07) is -1.68. The number of hydrogen-bond donors (Lipinski definition) is 2. The van der Waals surface area contributed by atoms with Gasteiger partial charge in [0.25, 0.3) is 0 Å². The Morgan fingerprint density at radius 2 is 2.19 bits per heavy atom. The average Bonchev–Trinajstić information content (AvgIpc) is 2.42. The molecular formula is C12H17F3N2O3S. The SMILES string of the molecule is CSCCC(NC(=O)N1CC=C(C(F)(F)F)CC1)C(=O)O. The molecule has 5 nitrogen and oxygen atoms in total. The van der Waals surface area contributed by atoms with E-state index >= 15 is 0 Å². The smallest absolute Gasteiger partial charge is 0.412 e. The maximum Gasteiger partial charge on any atom is 0.412 e. The van der Waals surface area contributed by atoms with E-state index in [0.29, 0.717) is 5.75 Å². The lowest BCUT2D eigenvalue weighted by Gasteiger charge is -2.28. The lowest BCUT2D eigenvalue weighted by molar-refractivity contribution is -0.139. The largest absolute Gasteiger partial charge is 0.480 e. The number of carboxylic acids is 1. The molecule has 1 atom stereocenters. The van der Waals surface area contributed by atoms with Crippen LogP contribution in [0.4, 0.5) is 18.0 Å². The van der Waals surface area contributed by atoms with Crippen molar-refractivity contribution in [1.29, 1.82) is 0 Å². The fraction of sp³-hybridized carbons (Fsp3) is 0.667. The number of rotatable bonds is 5. The van der Waals surface area contributed by atoms with Crippen LogP contribution in [0.5, 0.6) is 0 Å². The van der Waals surface area contributed by atoms with Gasteiger partial charge in [0.2, 0.25) is 0 Å². The van der Waals surface area contributed by atoms with Crippen LogP contribution >= 0.6 is 11.8 Å². The van der Waals surface area contributed by atoms with Gasteiger partial charge >= 0.3 is 18.2 Å². The van der Waals surface area contributed by atoms with E-state index in [1.165, 1.54) is 16.7 Å². The summed E-state index contributed by atoms with van der Waals surface area (Å²) in [6.07, 6.45) is -1.61. The van der Waals surface area contributed by atoms with Crippen LogP contribution in [0.15, 0.2) is 11.6 Å². The number of aliphatic carboxylic acids is 1. The summed E-state index contributed by atoms with van der Waals surface area (Å²) in [5, 5.41) is 11.3. The Hall–Kier alpha value is -1.38. The molecule has 0 bridgehead atoms. The third-order valence-electron chi connectivity index (χ3n) is 3.07. The maximum absolute atomic E-state index is 12.5. The highest BCUT2D eigenvalue weighted by Gasteiger charge is 2.35. The van der Waals surface area contributed by atoms with E-state index in [2.05, 4.69) is 5.32 Å². The Labute approximate surface area is 124 Å². The first kappa shape index (κ1) is 17.7. The summed E-state index contributed by atoms with van der Waals surface area (Å²) < 4.78 is 37.4. The highest BCUT2D eigenvalue weighted by Crippen LogP contribution is 2.30. The normalized spacial score (nSPS) is 17.1. The Bertz CT molecular complexity index is 426. The molecule has 1 heterocycles. The molecule has 120 valence electrons. The first-order chi connectivity index (χ1) is 9.75. The van der Waals surface area contributed by atoms with E-state index in [1.807, 2.05) is 6.26 Å². The van der Waals surface area contributed by atoms with Crippen molar-refractivity contribution in [2.24, 2.45) is 0 Å². The number of thioether (sulfide) groups is 1. The van der Waals surface area contributed by atoms with Gasteiger partial charge in [0.15, 0.2) is 0 Å². The molecule has 21 heavy (non-hydrogen) atoms. The molecule has 1 rings (SSSR count). The summed E-state index contributed by atoms with van der Waals surface area (Å²) in [7, 11) is 0. The van der Waals surface area contributed by atoms with Gasteiger partial charge in [0.05, 0.1) is 0 Å². The van der Waals surface area contributed by atoms with E-state index in [4.69, 9.17) is 5.11 Å². The number of carbonyl (C=O) groups is 2. The second kappa shape index (κ2) is 7.58. The van der Waals surface area contributed by atoms with Gasteiger partial charge in [-0.3, -0.25) is 0 Å². The molecule has 1 unspecified atom stereocenters. The molecule has 2 amide bonds. The fourth-order valence-corrected chi connectivity index (χ4v) is 2.32. The van der Waals surface area contributed by atoms with Crippen molar-refractivity contribution >= 4 is 23.8 Å². The van der Waals surface area contributed by atoms with Crippen LogP contribution < -0.4 is 5.32 Å². The van der Waals surface area contributed by atoms with Crippen LogP contribution in [0.25, 0.3) is 0 Å². The van der Waals surface area contributed by atoms with Crippen LogP contribution in [0.2, 0.25) is 0 Å². The van der Waals surface area contributed by atoms with Gasteiger partial charge in [-0.25, -0.2) is 9.59 Å². The van der Waals surface area contributed by atoms with E-state index in [1.54, 1.807) is 0 Å². The van der Waals surface area contributed by atoms with E-state index in [0.717, 1.165) is 6.08 Å². The van der Waals surface area contributed by atoms with Crippen molar-refractivity contribution in [1.82, 2.24) is 10.2 Å². The predicted molar refractivity (Wildman–Crippen MR) is 73.3 cm³/mol. The van der Waals surface area contributed by atoms with Gasteiger partial charge in [-0.05, 0) is 24.9 Å². The summed E-state index contributed by atoms with van der Waals surface area (Å²) in [5.41, 5.74) is -0.649. The Balaban J connectivity index is 2.57. The van der Waals surface area contributed by atoms with Gasteiger partial charge in [-0.2, -0.15) is 24.9 Å². The Morgan fingerprint density at radius 1 is 1.52 bits per heavy atom. The van der Waals surface area contributed by atoms with Crippen molar-refractivity contribution in [3.63, 3.8) is 0 Å². The first-order valence-electron chi connectivity index (χ1n) is 6.29. The first-order valence-corrected chi connectivity index (χ1v) is 7.68. The molecular weight excluding hydrogens is 309 g/mol. The van der Waals surface area contributed by atoms with Crippen LogP contribution in [0.1, 0.15) is 12.8 Å². The van der Waals surface area contributed by atoms with Crippen molar-refractivity contribution in [2.75, 3.05) is 25.1 Å². The molecule has 0 aromatic carbocycles. The number of amides is 2. The zero-order valence-electron chi connectivity index (χ0n) is 11.4. The van der Waals surface area contributed by atoms with Crippen LogP contribution in [0.3, 0.4) is 0 Å². The number of alkyl halides is 3. The maximum atomic E-state index is 12.5. The molecule has 0 saturated carbocycles. The third-order valence-corrected chi connectivity index (χ3v) is 3.71. The molecule has 0 aliphatic carbocycles. The number of carbonyl (C=O) groups excluding carboxylic acids is 1. The molecule has 1 aliphatic rings. The second-order valence-corrected chi connectivity index (χ2v) is 5.53. The lowest BCUT2D eigenvalue weighted by Crippen LogP contribution is -2.49. The minimum absolute atomic E-state index is 0.0773. The van der Waals surface area contributed by atoms with Crippen molar-refractivity contribution in [3.8, 4) is 0 Å². The molecule has 0 aromatic rings. The quantitative estimate of drug-likeness (QED) is 0.759. The number of urea groups is 1. The Morgan fingerprint density at radius 3 is 2.62 bits per heavy atom. The standard InChI is InChI=1S/C12H17F3N2O3S/c1-21-7-4-9(10(18)19)16-11(20)17-5-2-8(3-6-17)12(13,14)15/h2,9H,3-7H2,1H3,(H,16,20)(H,18,19). The average molecular weight is 326 g/mol. The molecule has 0 spiro atoms. The monoisotopic (exact) mass is 326 g/mol. The molecule has 0 aromatic heterocycles. The minimum atomic E-state index is -4.37. The molecule has 2 N–H and O–H groups in total. The van der Waals surface area contributed by atoms with E-state index in [9.17, 15) is 22.8 Å². The van der Waals surface area contributed by atoms with Crippen LogP contribution in [0, 0.1) is 0 Å². The zero-order chi connectivity index (χ0) is 16.0. The van der Waals surface area contributed by atoms with Crippen molar-refractivity contribution in [2.45, 2.75) is 25.1 Å². The molecule has 1 aliphatic heterocycles. The second-order valence-electron chi connectivity index (χ2n) is 4.54. The summed E-state index contributed by atoms with van der Waals surface area (Å²) >= 11 is 1.45. The summed E-state index contributed by atoms with van der Waals surface area (Å²) in [5.74, 6) is -0.587. The number of nitrogens with one attached hydrogen (secondary N) is 1. The number of hydrogen-bond acceptors (Lipinski definition) is 3. The summed E-state index contributed by atoms with van der Waals surface area (Å²) in [6.45, 7) is -0.248. The number of carboxylic acid groups (broad SMARTS) is 1.